The second-order valence-corrected chi connectivity index (χ2v) is 7.98. The van der Waals surface area contributed by atoms with Crippen molar-refractivity contribution in [3.63, 3.8) is 0 Å². The topological polar surface area (TPSA) is 82.3 Å². The molecule has 28 heavy (non-hydrogen) atoms. The lowest BCUT2D eigenvalue weighted by Gasteiger charge is -2.09. The molecule has 0 amide bonds. The average molecular weight is 458 g/mol. The molecular weight excluding hydrogens is 442 g/mol. The quantitative estimate of drug-likeness (QED) is 0.420. The third-order valence-electron chi connectivity index (χ3n) is 4.22. The molecule has 9 heteroatoms. The van der Waals surface area contributed by atoms with Crippen LogP contribution in [0.25, 0.3) is 26.9 Å². The number of halogens is 1. The zero-order valence-corrected chi connectivity index (χ0v) is 17.8. The molecule has 4 aromatic rings. The van der Waals surface area contributed by atoms with Crippen LogP contribution in [0.2, 0.25) is 0 Å². The van der Waals surface area contributed by atoms with Crippen LogP contribution in [0.5, 0.6) is 0 Å². The highest BCUT2D eigenvalue weighted by atomic mass is 79.9. The molecule has 3 aromatic heterocycles. The number of aromatic nitrogens is 5. The first-order chi connectivity index (χ1) is 13.5. The van der Waals surface area contributed by atoms with Crippen molar-refractivity contribution in [1.29, 1.82) is 0 Å². The summed E-state index contributed by atoms with van der Waals surface area (Å²) in [5, 5.41) is 14.0. The van der Waals surface area contributed by atoms with Gasteiger partial charge in [-0.1, -0.05) is 39.4 Å². The Bertz CT molecular complexity index is 1180. The number of ether oxygens (including phenoxy) is 1. The summed E-state index contributed by atoms with van der Waals surface area (Å²) in [5.74, 6) is 0.147. The summed E-state index contributed by atoms with van der Waals surface area (Å²) in [4.78, 5) is 17.4. The van der Waals surface area contributed by atoms with Gasteiger partial charge in [-0.25, -0.2) is 4.79 Å². The molecule has 1 aromatic carbocycles. The van der Waals surface area contributed by atoms with Crippen molar-refractivity contribution in [3.05, 3.63) is 51.8 Å². The van der Waals surface area contributed by atoms with Gasteiger partial charge < -0.3 is 4.74 Å². The molecule has 0 unspecified atom stereocenters. The van der Waals surface area contributed by atoms with E-state index < -0.39 is 5.97 Å². The molecule has 0 aliphatic carbocycles. The maximum atomic E-state index is 12.3. The molecule has 142 valence electrons. The second-order valence-electron chi connectivity index (χ2n) is 6.11. The molecule has 0 spiro atoms. The van der Waals surface area contributed by atoms with E-state index in [4.69, 9.17) is 4.74 Å². The van der Waals surface area contributed by atoms with Gasteiger partial charge in [0.05, 0.1) is 17.9 Å². The zero-order valence-electron chi connectivity index (χ0n) is 15.4. The Balaban J connectivity index is 1.82. The van der Waals surface area contributed by atoms with Crippen LogP contribution in [-0.4, -0.2) is 37.4 Å². The molecule has 0 saturated carbocycles. The molecular formula is C19H16BrN5O2S. The fourth-order valence-electron chi connectivity index (χ4n) is 2.86. The fourth-order valence-corrected chi connectivity index (χ4v) is 3.97. The largest absolute Gasteiger partial charge is 0.462 e. The van der Waals surface area contributed by atoms with Gasteiger partial charge in [-0.05, 0) is 39.0 Å². The van der Waals surface area contributed by atoms with E-state index >= 15 is 0 Å². The molecule has 4 rings (SSSR count). The first-order valence-electron chi connectivity index (χ1n) is 8.62. The monoisotopic (exact) mass is 457 g/mol. The van der Waals surface area contributed by atoms with Gasteiger partial charge in [-0.3, -0.25) is 4.98 Å². The van der Waals surface area contributed by atoms with Crippen molar-refractivity contribution in [3.8, 4) is 22.0 Å². The van der Waals surface area contributed by atoms with E-state index in [1.807, 2.05) is 31.2 Å². The number of hydrogen-bond donors (Lipinski definition) is 0. The molecule has 0 aliphatic heterocycles. The number of pyridine rings is 1. The predicted molar refractivity (Wildman–Crippen MR) is 110 cm³/mol. The Morgan fingerprint density at radius 1 is 1.18 bits per heavy atom. The third kappa shape index (κ3) is 3.31. The van der Waals surface area contributed by atoms with Crippen molar-refractivity contribution in [2.24, 2.45) is 0 Å². The highest BCUT2D eigenvalue weighted by Crippen LogP contribution is 2.30. The third-order valence-corrected chi connectivity index (χ3v) is 5.70. The molecule has 7 nitrogen and oxygen atoms in total. The summed E-state index contributed by atoms with van der Waals surface area (Å²) in [6.45, 7) is 5.74. The van der Waals surface area contributed by atoms with Crippen LogP contribution in [0.4, 0.5) is 0 Å². The van der Waals surface area contributed by atoms with Crippen molar-refractivity contribution in [1.82, 2.24) is 24.8 Å². The van der Waals surface area contributed by atoms with Crippen molar-refractivity contribution >= 4 is 38.2 Å². The van der Waals surface area contributed by atoms with Crippen LogP contribution in [0.3, 0.4) is 0 Å². The second kappa shape index (κ2) is 7.40. The first-order valence-corrected chi connectivity index (χ1v) is 10.2. The van der Waals surface area contributed by atoms with E-state index in [1.54, 1.807) is 24.4 Å². The Morgan fingerprint density at radius 3 is 2.64 bits per heavy atom. The Kier molecular flexibility index (Phi) is 4.94. The van der Waals surface area contributed by atoms with Crippen LogP contribution >= 0.6 is 27.3 Å². The number of carbonyl (C=O) groups is 1. The number of fused-ring (bicyclic) bond motifs is 1. The standard InChI is InChI=1S/C19H16BrN5O2S/c1-4-27-18(26)15-9-14(10(2)21-11(15)3)16-22-23-19-25(16)24-17(28-19)12-5-7-13(20)8-6-12/h5-9H,4H2,1-3H3. The SMILES string of the molecule is CCOC(=O)c1cc(-c2nnc3sc(-c4ccc(Br)cc4)nn23)c(C)nc1C. The first kappa shape index (κ1) is 18.7. The summed E-state index contributed by atoms with van der Waals surface area (Å²) < 4.78 is 7.84. The van der Waals surface area contributed by atoms with Gasteiger partial charge in [0, 0.05) is 21.3 Å². The lowest BCUT2D eigenvalue weighted by molar-refractivity contribution is 0.0525. The van der Waals surface area contributed by atoms with Crippen LogP contribution in [-0.2, 0) is 4.74 Å². The number of benzene rings is 1. The molecule has 0 aliphatic rings. The Hall–Kier alpha value is -2.65. The lowest BCUT2D eigenvalue weighted by atomic mass is 10.1. The van der Waals surface area contributed by atoms with E-state index in [1.165, 1.54) is 11.3 Å². The minimum Gasteiger partial charge on any atom is -0.462 e. The number of nitrogens with zero attached hydrogens (tertiary/aromatic N) is 5. The van der Waals surface area contributed by atoms with Gasteiger partial charge in [-0.2, -0.15) is 9.61 Å². The molecule has 0 fully saturated rings. The average Bonchev–Trinajstić information content (AvgIpc) is 3.24. The van der Waals surface area contributed by atoms with Crippen LogP contribution in [0, 0.1) is 13.8 Å². The molecule has 3 heterocycles. The van der Waals surface area contributed by atoms with Crippen LogP contribution in [0.15, 0.2) is 34.8 Å². The Labute approximate surface area is 173 Å². The van der Waals surface area contributed by atoms with Gasteiger partial charge in [-0.15, -0.1) is 10.2 Å². The number of carbonyl (C=O) groups excluding carboxylic acids is 1. The van der Waals surface area contributed by atoms with Gasteiger partial charge in [0.1, 0.15) is 5.01 Å². The Morgan fingerprint density at radius 2 is 1.93 bits per heavy atom. The maximum Gasteiger partial charge on any atom is 0.339 e. The highest BCUT2D eigenvalue weighted by molar-refractivity contribution is 9.10. The number of hydrogen-bond acceptors (Lipinski definition) is 7. The van der Waals surface area contributed by atoms with E-state index in [-0.39, 0.29) is 0 Å². The summed E-state index contributed by atoms with van der Waals surface area (Å²) in [6, 6.07) is 9.68. The number of rotatable bonds is 4. The molecule has 0 radical (unpaired) electrons. The van der Waals surface area contributed by atoms with E-state index in [0.717, 1.165) is 20.7 Å². The number of aryl methyl sites for hydroxylation is 2. The van der Waals surface area contributed by atoms with Gasteiger partial charge in [0.15, 0.2) is 5.82 Å². The van der Waals surface area contributed by atoms with Crippen molar-refractivity contribution in [2.75, 3.05) is 6.61 Å². The van der Waals surface area contributed by atoms with Gasteiger partial charge in [0.25, 0.3) is 0 Å². The highest BCUT2D eigenvalue weighted by Gasteiger charge is 2.20. The molecule has 0 bridgehead atoms. The lowest BCUT2D eigenvalue weighted by Crippen LogP contribution is -2.09. The zero-order chi connectivity index (χ0) is 19.8. The van der Waals surface area contributed by atoms with Gasteiger partial charge >= 0.3 is 5.97 Å². The fraction of sp³-hybridized carbons (Fsp3) is 0.211. The minimum absolute atomic E-state index is 0.305. The number of esters is 1. The molecule has 0 atom stereocenters. The minimum atomic E-state index is -0.400. The van der Waals surface area contributed by atoms with Crippen molar-refractivity contribution in [2.45, 2.75) is 20.8 Å². The normalized spacial score (nSPS) is 11.1. The van der Waals surface area contributed by atoms with Crippen LogP contribution < -0.4 is 0 Å². The van der Waals surface area contributed by atoms with E-state index in [2.05, 4.69) is 36.2 Å². The van der Waals surface area contributed by atoms with Gasteiger partial charge in [0.2, 0.25) is 4.96 Å². The smallest absolute Gasteiger partial charge is 0.339 e. The molecule has 0 saturated heterocycles. The van der Waals surface area contributed by atoms with Crippen molar-refractivity contribution < 1.29 is 9.53 Å². The summed E-state index contributed by atoms with van der Waals surface area (Å²) >= 11 is 4.89. The summed E-state index contributed by atoms with van der Waals surface area (Å²) in [5.41, 5.74) is 3.49. The van der Waals surface area contributed by atoms with E-state index in [0.29, 0.717) is 34.2 Å². The summed E-state index contributed by atoms with van der Waals surface area (Å²) in [6.07, 6.45) is 0. The van der Waals surface area contributed by atoms with Crippen LogP contribution in [0.1, 0.15) is 28.7 Å². The molecule has 0 N–H and O–H groups in total. The summed E-state index contributed by atoms with van der Waals surface area (Å²) in [7, 11) is 0. The maximum absolute atomic E-state index is 12.3. The predicted octanol–water partition coefficient (Wildman–Crippen LogP) is 4.47. The van der Waals surface area contributed by atoms with E-state index in [9.17, 15) is 4.79 Å².